The Morgan fingerprint density at radius 3 is 2.12 bits per heavy atom. The lowest BCUT2D eigenvalue weighted by Gasteiger charge is -2.21. The van der Waals surface area contributed by atoms with Crippen LogP contribution < -0.4 is 15.0 Å². The lowest BCUT2D eigenvalue weighted by molar-refractivity contribution is -0.137. The average Bonchev–Trinajstić information content (AvgIpc) is 3.05. The second kappa shape index (κ2) is 11.7. The molecule has 2 aromatic rings. The van der Waals surface area contributed by atoms with Gasteiger partial charge < -0.3 is 19.7 Å². The summed E-state index contributed by atoms with van der Waals surface area (Å²) in [6.45, 7) is 12.9. The average molecular weight is 466 g/mol. The molecule has 182 valence electrons. The van der Waals surface area contributed by atoms with Crippen LogP contribution in [0.25, 0.3) is 5.57 Å². The zero-order valence-electron chi connectivity index (χ0n) is 20.8. The third-order valence-corrected chi connectivity index (χ3v) is 5.65. The topological polar surface area (TPSA) is 71.1 Å². The van der Waals surface area contributed by atoms with Gasteiger partial charge in [0.15, 0.2) is 0 Å². The molecule has 0 radical (unpaired) electrons. The van der Waals surface area contributed by atoms with Gasteiger partial charge in [0.2, 0.25) is 0 Å². The predicted octanol–water partition coefficient (Wildman–Crippen LogP) is 4.55. The number of hydrogen-bond acceptors (Lipinski definition) is 6. The van der Waals surface area contributed by atoms with Crippen molar-refractivity contribution in [3.63, 3.8) is 0 Å². The second-order valence-corrected chi connectivity index (χ2v) is 8.23. The summed E-state index contributed by atoms with van der Waals surface area (Å²) in [7, 11) is 0. The van der Waals surface area contributed by atoms with Crippen LogP contribution in [0, 0.1) is 0 Å². The van der Waals surface area contributed by atoms with E-state index in [0.717, 1.165) is 24.5 Å². The Kier molecular flexibility index (Phi) is 8.71. The summed E-state index contributed by atoms with van der Waals surface area (Å²) in [5, 5.41) is 3.22. The molecule has 0 saturated carbocycles. The summed E-state index contributed by atoms with van der Waals surface area (Å²) >= 11 is 0. The number of carbonyl (C=O) groups excluding carboxylic acids is 2. The number of nitrogens with zero attached hydrogens (tertiary/aromatic N) is 2. The number of carbonyl (C=O) groups is 2. The van der Waals surface area contributed by atoms with Gasteiger partial charge in [-0.3, -0.25) is 14.5 Å². The maximum Gasteiger partial charge on any atom is 0.278 e. The number of ether oxygens (including phenoxy) is 2. The van der Waals surface area contributed by atoms with Crippen LogP contribution in [0.2, 0.25) is 0 Å². The van der Waals surface area contributed by atoms with Crippen LogP contribution in [0.1, 0.15) is 40.2 Å². The number of benzene rings is 2. The number of amides is 2. The highest BCUT2D eigenvalue weighted by atomic mass is 16.5. The van der Waals surface area contributed by atoms with Gasteiger partial charge in [0.05, 0.1) is 31.4 Å². The molecule has 0 fully saturated rings. The van der Waals surface area contributed by atoms with Crippen molar-refractivity contribution in [1.29, 1.82) is 0 Å². The standard InChI is InChI=1S/C27H35N3O4/c1-6-29(7-2)22-13-11-21(12-14-22)28-25-24(20-9-15-23(16-10-20)33-8-3)26(31)30(27(25)32)17-18-34-19(4)5/h9-16,19,28H,6-8,17-18H2,1-5H3. The number of imide groups is 1. The van der Waals surface area contributed by atoms with Gasteiger partial charge in [-0.2, -0.15) is 0 Å². The van der Waals surface area contributed by atoms with Crippen LogP contribution in [-0.4, -0.2) is 55.7 Å². The Hall–Kier alpha value is -3.32. The van der Waals surface area contributed by atoms with E-state index in [0.29, 0.717) is 23.5 Å². The first-order chi connectivity index (χ1) is 16.4. The molecule has 7 heteroatoms. The fourth-order valence-electron chi connectivity index (χ4n) is 3.92. The van der Waals surface area contributed by atoms with Gasteiger partial charge in [0.1, 0.15) is 11.4 Å². The molecule has 34 heavy (non-hydrogen) atoms. The van der Waals surface area contributed by atoms with Crippen LogP contribution in [0.3, 0.4) is 0 Å². The molecule has 1 N–H and O–H groups in total. The maximum atomic E-state index is 13.3. The minimum Gasteiger partial charge on any atom is -0.494 e. The molecule has 3 rings (SSSR count). The van der Waals surface area contributed by atoms with Gasteiger partial charge in [-0.05, 0) is 76.6 Å². The van der Waals surface area contributed by atoms with Crippen molar-refractivity contribution >= 4 is 28.8 Å². The molecule has 1 heterocycles. The summed E-state index contributed by atoms with van der Waals surface area (Å²) in [6.07, 6.45) is 0.0215. The van der Waals surface area contributed by atoms with Gasteiger partial charge in [0.25, 0.3) is 11.8 Å². The largest absolute Gasteiger partial charge is 0.494 e. The summed E-state index contributed by atoms with van der Waals surface area (Å²) in [6, 6.07) is 15.1. The zero-order valence-corrected chi connectivity index (χ0v) is 20.8. The number of rotatable bonds is 12. The molecule has 0 unspecified atom stereocenters. The van der Waals surface area contributed by atoms with Crippen molar-refractivity contribution in [3.05, 3.63) is 59.8 Å². The Labute approximate surface area is 202 Å². The highest BCUT2D eigenvalue weighted by Crippen LogP contribution is 2.32. The molecule has 2 amide bonds. The fourth-order valence-corrected chi connectivity index (χ4v) is 3.92. The molecule has 1 aliphatic heterocycles. The van der Waals surface area contributed by atoms with Crippen molar-refractivity contribution in [1.82, 2.24) is 4.90 Å². The number of nitrogens with one attached hydrogen (secondary N) is 1. The van der Waals surface area contributed by atoms with Gasteiger partial charge in [0, 0.05) is 24.5 Å². The van der Waals surface area contributed by atoms with Crippen molar-refractivity contribution in [3.8, 4) is 5.75 Å². The fraction of sp³-hybridized carbons (Fsp3) is 0.407. The van der Waals surface area contributed by atoms with Crippen molar-refractivity contribution in [2.45, 2.75) is 40.7 Å². The van der Waals surface area contributed by atoms with Crippen molar-refractivity contribution < 1.29 is 19.1 Å². The maximum absolute atomic E-state index is 13.3. The van der Waals surface area contributed by atoms with E-state index in [9.17, 15) is 9.59 Å². The molecule has 0 atom stereocenters. The molecule has 1 aliphatic rings. The number of anilines is 2. The first-order valence-corrected chi connectivity index (χ1v) is 12.0. The Balaban J connectivity index is 1.92. The highest BCUT2D eigenvalue weighted by Gasteiger charge is 2.39. The van der Waals surface area contributed by atoms with E-state index in [4.69, 9.17) is 9.47 Å². The van der Waals surface area contributed by atoms with E-state index in [2.05, 4.69) is 24.1 Å². The first-order valence-electron chi connectivity index (χ1n) is 12.0. The smallest absolute Gasteiger partial charge is 0.278 e. The SMILES string of the molecule is CCOc1ccc(C2=C(Nc3ccc(N(CC)CC)cc3)C(=O)N(CCOC(C)C)C2=O)cc1. The molecule has 0 saturated heterocycles. The summed E-state index contributed by atoms with van der Waals surface area (Å²) in [5.74, 6) is 0.0325. The molecular weight excluding hydrogens is 430 g/mol. The molecular formula is C27H35N3O4. The second-order valence-electron chi connectivity index (χ2n) is 8.23. The monoisotopic (exact) mass is 465 g/mol. The quantitative estimate of drug-likeness (QED) is 0.464. The Morgan fingerprint density at radius 2 is 1.56 bits per heavy atom. The molecule has 2 aromatic carbocycles. The van der Waals surface area contributed by atoms with E-state index in [1.54, 1.807) is 0 Å². The Morgan fingerprint density at radius 1 is 0.912 bits per heavy atom. The van der Waals surface area contributed by atoms with Gasteiger partial charge in [-0.15, -0.1) is 0 Å². The minimum absolute atomic E-state index is 0.0215. The third kappa shape index (κ3) is 5.78. The van der Waals surface area contributed by atoms with E-state index in [1.807, 2.05) is 69.3 Å². The molecule has 7 nitrogen and oxygen atoms in total. The van der Waals surface area contributed by atoms with Crippen LogP contribution in [-0.2, 0) is 14.3 Å². The third-order valence-electron chi connectivity index (χ3n) is 5.65. The van der Waals surface area contributed by atoms with E-state index in [-0.39, 0.29) is 36.8 Å². The summed E-state index contributed by atoms with van der Waals surface area (Å²) < 4.78 is 11.1. The Bertz CT molecular complexity index is 1010. The van der Waals surface area contributed by atoms with E-state index < -0.39 is 0 Å². The number of hydrogen-bond donors (Lipinski definition) is 1. The lowest BCUT2D eigenvalue weighted by atomic mass is 10.0. The van der Waals surface area contributed by atoms with Crippen LogP contribution >= 0.6 is 0 Å². The normalized spacial score (nSPS) is 13.8. The van der Waals surface area contributed by atoms with E-state index in [1.165, 1.54) is 4.90 Å². The van der Waals surface area contributed by atoms with Crippen molar-refractivity contribution in [2.24, 2.45) is 0 Å². The summed E-state index contributed by atoms with van der Waals surface area (Å²) in [4.78, 5) is 30.1. The van der Waals surface area contributed by atoms with Crippen LogP contribution in [0.4, 0.5) is 11.4 Å². The van der Waals surface area contributed by atoms with Crippen LogP contribution in [0.5, 0.6) is 5.75 Å². The summed E-state index contributed by atoms with van der Waals surface area (Å²) in [5.41, 5.74) is 3.14. The molecule has 0 aromatic heterocycles. The molecule has 0 bridgehead atoms. The lowest BCUT2D eigenvalue weighted by Crippen LogP contribution is -2.35. The first kappa shape index (κ1) is 25.3. The van der Waals surface area contributed by atoms with Gasteiger partial charge in [-0.25, -0.2) is 0 Å². The predicted molar refractivity (Wildman–Crippen MR) is 136 cm³/mol. The molecule has 0 aliphatic carbocycles. The highest BCUT2D eigenvalue weighted by molar-refractivity contribution is 6.36. The molecule has 0 spiro atoms. The van der Waals surface area contributed by atoms with E-state index >= 15 is 0 Å². The van der Waals surface area contributed by atoms with Gasteiger partial charge in [-0.1, -0.05) is 12.1 Å². The van der Waals surface area contributed by atoms with Crippen LogP contribution in [0.15, 0.2) is 54.2 Å². The van der Waals surface area contributed by atoms with Gasteiger partial charge >= 0.3 is 0 Å². The minimum atomic E-state index is -0.353. The van der Waals surface area contributed by atoms with Crippen molar-refractivity contribution in [2.75, 3.05) is 43.1 Å². The zero-order chi connectivity index (χ0) is 24.7.